The summed E-state index contributed by atoms with van der Waals surface area (Å²) in [6, 6.07) is 7.91. The second-order valence-corrected chi connectivity index (χ2v) is 7.20. The molecule has 1 saturated carbocycles. The van der Waals surface area contributed by atoms with Gasteiger partial charge in [-0.3, -0.25) is 9.59 Å². The topological polar surface area (TPSA) is 46.6 Å². The molecule has 0 N–H and O–H groups in total. The van der Waals surface area contributed by atoms with Gasteiger partial charge in [-0.25, -0.2) is 0 Å². The number of nitrogens with zero attached hydrogens (tertiary/aromatic N) is 1. The van der Waals surface area contributed by atoms with Crippen molar-refractivity contribution in [3.63, 3.8) is 0 Å². The highest BCUT2D eigenvalue weighted by molar-refractivity contribution is 5.96. The normalized spacial score (nSPS) is 17.2. The van der Waals surface area contributed by atoms with E-state index in [1.165, 1.54) is 26.4 Å². The number of hydrogen-bond acceptors (Lipinski definition) is 3. The molecule has 25 heavy (non-hydrogen) atoms. The van der Waals surface area contributed by atoms with Crippen molar-refractivity contribution in [3.8, 4) is 0 Å². The zero-order chi connectivity index (χ0) is 18.2. The summed E-state index contributed by atoms with van der Waals surface area (Å²) < 4.78 is 4.88. The van der Waals surface area contributed by atoms with Crippen LogP contribution in [0, 0.1) is 12.8 Å². The second kappa shape index (κ2) is 9.59. The third-order valence-electron chi connectivity index (χ3n) is 5.23. The number of benzene rings is 1. The summed E-state index contributed by atoms with van der Waals surface area (Å²) >= 11 is 0. The lowest BCUT2D eigenvalue weighted by Gasteiger charge is -2.35. The highest BCUT2D eigenvalue weighted by Gasteiger charge is 2.29. The fourth-order valence-corrected chi connectivity index (χ4v) is 3.68. The predicted molar refractivity (Wildman–Crippen MR) is 99.5 cm³/mol. The molecule has 4 nitrogen and oxygen atoms in total. The second-order valence-electron chi connectivity index (χ2n) is 7.20. The van der Waals surface area contributed by atoms with Gasteiger partial charge in [0.1, 0.15) is 0 Å². The summed E-state index contributed by atoms with van der Waals surface area (Å²) in [6.07, 6.45) is 8.09. The molecule has 0 radical (unpaired) electrons. The van der Waals surface area contributed by atoms with Crippen LogP contribution in [-0.2, 0) is 9.53 Å². The lowest BCUT2D eigenvalue weighted by molar-refractivity contribution is -0.145. The van der Waals surface area contributed by atoms with Crippen molar-refractivity contribution in [1.82, 2.24) is 4.90 Å². The molecule has 0 saturated heterocycles. The Bertz CT molecular complexity index is 576. The van der Waals surface area contributed by atoms with Crippen LogP contribution in [0.4, 0.5) is 0 Å². The summed E-state index contributed by atoms with van der Waals surface area (Å²) in [5.74, 6) is -0.531. The Morgan fingerprint density at radius 3 is 2.32 bits per heavy atom. The van der Waals surface area contributed by atoms with Crippen molar-refractivity contribution in [2.45, 2.75) is 64.8 Å². The standard InChI is InChI=1S/C21H31NO3/c1-16-11-9-10-14-19(16)20(23)22(15-17(2)21(24)25-3)18-12-7-5-4-6-8-13-18/h9-11,14,17-18H,4-8,12-13,15H2,1-3H3. The number of aryl methyl sites for hydroxylation is 1. The Labute approximate surface area is 151 Å². The summed E-state index contributed by atoms with van der Waals surface area (Å²) in [5.41, 5.74) is 1.72. The largest absolute Gasteiger partial charge is 0.469 e. The maximum atomic E-state index is 13.3. The van der Waals surface area contributed by atoms with Crippen molar-refractivity contribution in [2.24, 2.45) is 5.92 Å². The van der Waals surface area contributed by atoms with Gasteiger partial charge in [0.25, 0.3) is 5.91 Å². The third-order valence-corrected chi connectivity index (χ3v) is 5.23. The van der Waals surface area contributed by atoms with Crippen molar-refractivity contribution < 1.29 is 14.3 Å². The number of carbonyl (C=O) groups is 2. The van der Waals surface area contributed by atoms with Gasteiger partial charge in [-0.1, -0.05) is 57.2 Å². The quantitative estimate of drug-likeness (QED) is 0.745. The molecule has 0 aromatic heterocycles. The first-order valence-corrected chi connectivity index (χ1v) is 9.49. The van der Waals surface area contributed by atoms with Gasteiger partial charge < -0.3 is 9.64 Å². The summed E-state index contributed by atoms with van der Waals surface area (Å²) in [5, 5.41) is 0. The molecule has 0 bridgehead atoms. The molecular formula is C21H31NO3. The SMILES string of the molecule is COC(=O)C(C)CN(C(=O)c1ccccc1C)C1CCCCCCC1. The average Bonchev–Trinajstić information content (AvgIpc) is 2.59. The zero-order valence-corrected chi connectivity index (χ0v) is 15.8. The van der Waals surface area contributed by atoms with E-state index in [-0.39, 0.29) is 23.8 Å². The molecule has 1 aromatic carbocycles. The van der Waals surface area contributed by atoms with Crippen molar-refractivity contribution in [3.05, 3.63) is 35.4 Å². The van der Waals surface area contributed by atoms with Gasteiger partial charge in [0.05, 0.1) is 13.0 Å². The van der Waals surface area contributed by atoms with Crippen LogP contribution in [-0.4, -0.2) is 36.5 Å². The van der Waals surface area contributed by atoms with Gasteiger partial charge in [0.15, 0.2) is 0 Å². The maximum Gasteiger partial charge on any atom is 0.310 e. The van der Waals surface area contributed by atoms with Crippen LogP contribution in [0.1, 0.15) is 67.8 Å². The molecule has 1 aromatic rings. The van der Waals surface area contributed by atoms with Gasteiger partial charge in [0, 0.05) is 18.2 Å². The minimum absolute atomic E-state index is 0.0411. The van der Waals surface area contributed by atoms with E-state index in [1.54, 1.807) is 0 Å². The molecule has 1 aliphatic carbocycles. The van der Waals surface area contributed by atoms with E-state index in [0.717, 1.165) is 36.8 Å². The fraction of sp³-hybridized carbons (Fsp3) is 0.619. The first-order valence-electron chi connectivity index (χ1n) is 9.49. The minimum atomic E-state index is -0.316. The molecule has 138 valence electrons. The van der Waals surface area contributed by atoms with Gasteiger partial charge in [-0.15, -0.1) is 0 Å². The van der Waals surface area contributed by atoms with E-state index in [2.05, 4.69) is 0 Å². The van der Waals surface area contributed by atoms with Crippen molar-refractivity contribution in [2.75, 3.05) is 13.7 Å². The van der Waals surface area contributed by atoms with Gasteiger partial charge in [-0.05, 0) is 31.4 Å². The van der Waals surface area contributed by atoms with Gasteiger partial charge >= 0.3 is 5.97 Å². The van der Waals surface area contributed by atoms with Crippen LogP contribution in [0.5, 0.6) is 0 Å². The van der Waals surface area contributed by atoms with E-state index >= 15 is 0 Å². The van der Waals surface area contributed by atoms with Crippen LogP contribution in [0.2, 0.25) is 0 Å². The van der Waals surface area contributed by atoms with Crippen molar-refractivity contribution >= 4 is 11.9 Å². The summed E-state index contributed by atoms with van der Waals surface area (Å²) in [4.78, 5) is 27.1. The predicted octanol–water partition coefficient (Wildman–Crippen LogP) is 4.36. The van der Waals surface area contributed by atoms with E-state index in [1.807, 2.05) is 43.0 Å². The van der Waals surface area contributed by atoms with Crippen LogP contribution in [0.3, 0.4) is 0 Å². The number of rotatable bonds is 5. The molecule has 4 heteroatoms. The maximum absolute atomic E-state index is 13.3. The molecule has 1 aliphatic rings. The molecule has 1 atom stereocenters. The molecular weight excluding hydrogens is 314 g/mol. The zero-order valence-electron chi connectivity index (χ0n) is 15.8. The Balaban J connectivity index is 2.25. The number of esters is 1. The molecule has 1 amide bonds. The molecule has 0 aliphatic heterocycles. The van der Waals surface area contributed by atoms with E-state index in [0.29, 0.717) is 6.54 Å². The Morgan fingerprint density at radius 1 is 1.12 bits per heavy atom. The Morgan fingerprint density at radius 2 is 1.72 bits per heavy atom. The highest BCUT2D eigenvalue weighted by atomic mass is 16.5. The fourth-order valence-electron chi connectivity index (χ4n) is 3.68. The van der Waals surface area contributed by atoms with Gasteiger partial charge in [0.2, 0.25) is 0 Å². The number of amides is 1. The molecule has 1 unspecified atom stereocenters. The number of methoxy groups -OCH3 is 1. The first kappa shape index (κ1) is 19.5. The van der Waals surface area contributed by atoms with E-state index < -0.39 is 0 Å². The van der Waals surface area contributed by atoms with E-state index in [4.69, 9.17) is 4.74 Å². The first-order chi connectivity index (χ1) is 12.0. The van der Waals surface area contributed by atoms with Gasteiger partial charge in [-0.2, -0.15) is 0 Å². The Hall–Kier alpha value is -1.84. The molecule has 0 heterocycles. The minimum Gasteiger partial charge on any atom is -0.469 e. The van der Waals surface area contributed by atoms with E-state index in [9.17, 15) is 9.59 Å². The van der Waals surface area contributed by atoms with Crippen LogP contribution in [0.15, 0.2) is 24.3 Å². The number of ether oxygens (including phenoxy) is 1. The monoisotopic (exact) mass is 345 g/mol. The van der Waals surface area contributed by atoms with Crippen LogP contribution < -0.4 is 0 Å². The van der Waals surface area contributed by atoms with Crippen molar-refractivity contribution in [1.29, 1.82) is 0 Å². The summed E-state index contributed by atoms with van der Waals surface area (Å²) in [7, 11) is 1.40. The number of carbonyl (C=O) groups excluding carboxylic acids is 2. The molecule has 1 fully saturated rings. The molecule has 2 rings (SSSR count). The smallest absolute Gasteiger partial charge is 0.310 e. The average molecular weight is 345 g/mol. The van der Waals surface area contributed by atoms with Crippen LogP contribution >= 0.6 is 0 Å². The lowest BCUT2D eigenvalue weighted by Crippen LogP contribution is -2.44. The van der Waals surface area contributed by atoms with Crippen LogP contribution in [0.25, 0.3) is 0 Å². The molecule has 0 spiro atoms. The lowest BCUT2D eigenvalue weighted by atomic mass is 9.94. The third kappa shape index (κ3) is 5.32. The number of hydrogen-bond donors (Lipinski definition) is 0. The Kier molecular flexibility index (Phi) is 7.48. The highest BCUT2D eigenvalue weighted by Crippen LogP contribution is 2.25. The summed E-state index contributed by atoms with van der Waals surface area (Å²) in [6.45, 7) is 4.23.